The largest absolute Gasteiger partial charge is 0.466 e. The van der Waals surface area contributed by atoms with Gasteiger partial charge in [0.25, 0.3) is 0 Å². The van der Waals surface area contributed by atoms with Crippen molar-refractivity contribution in [2.45, 2.75) is 38.6 Å². The fourth-order valence-corrected chi connectivity index (χ4v) is 2.43. The molecular formula is C15H21NO2. The Bertz CT molecular complexity index is 417. The van der Waals surface area contributed by atoms with Crippen molar-refractivity contribution in [3.8, 4) is 0 Å². The molecule has 1 aromatic carbocycles. The molecule has 0 amide bonds. The zero-order valence-electron chi connectivity index (χ0n) is 11.1. The van der Waals surface area contributed by atoms with Crippen molar-refractivity contribution >= 4 is 5.97 Å². The van der Waals surface area contributed by atoms with Crippen molar-refractivity contribution in [3.05, 3.63) is 35.4 Å². The maximum absolute atomic E-state index is 11.3. The number of hydrogen-bond acceptors (Lipinski definition) is 3. The third-order valence-corrected chi connectivity index (χ3v) is 3.45. The van der Waals surface area contributed by atoms with Gasteiger partial charge in [0.1, 0.15) is 0 Å². The van der Waals surface area contributed by atoms with E-state index in [1.54, 1.807) is 0 Å². The summed E-state index contributed by atoms with van der Waals surface area (Å²) >= 11 is 0. The summed E-state index contributed by atoms with van der Waals surface area (Å²) in [4.78, 5) is 11.3. The van der Waals surface area contributed by atoms with Gasteiger partial charge in [-0.3, -0.25) is 4.79 Å². The molecule has 1 aliphatic rings. The quantitative estimate of drug-likeness (QED) is 0.784. The van der Waals surface area contributed by atoms with Crippen LogP contribution in [0.15, 0.2) is 24.3 Å². The minimum Gasteiger partial charge on any atom is -0.466 e. The minimum atomic E-state index is -0.119. The van der Waals surface area contributed by atoms with Crippen LogP contribution in [-0.4, -0.2) is 25.2 Å². The summed E-state index contributed by atoms with van der Waals surface area (Å²) in [6.07, 6.45) is 1.59. The van der Waals surface area contributed by atoms with Gasteiger partial charge in [-0.15, -0.1) is 0 Å². The fourth-order valence-electron chi connectivity index (χ4n) is 2.43. The Labute approximate surface area is 109 Å². The molecule has 0 spiro atoms. The highest BCUT2D eigenvalue weighted by Gasteiger charge is 2.25. The van der Waals surface area contributed by atoms with Crippen molar-refractivity contribution in [1.29, 1.82) is 0 Å². The molecule has 1 aliphatic carbocycles. The van der Waals surface area contributed by atoms with Gasteiger partial charge in [-0.2, -0.15) is 0 Å². The summed E-state index contributed by atoms with van der Waals surface area (Å²) in [6.45, 7) is 5.27. The lowest BCUT2D eigenvalue weighted by molar-refractivity contribution is -0.143. The lowest BCUT2D eigenvalue weighted by Crippen LogP contribution is -2.36. The summed E-state index contributed by atoms with van der Waals surface area (Å²) < 4.78 is 4.94. The van der Waals surface area contributed by atoms with E-state index in [4.69, 9.17) is 4.74 Å². The van der Waals surface area contributed by atoms with Crippen LogP contribution < -0.4 is 5.32 Å². The summed E-state index contributed by atoms with van der Waals surface area (Å²) in [6, 6.07) is 8.74. The lowest BCUT2D eigenvalue weighted by Gasteiger charge is -2.31. The molecule has 0 aromatic heterocycles. The number of nitrogens with one attached hydrogen (secondary N) is 1. The average molecular weight is 247 g/mol. The summed E-state index contributed by atoms with van der Waals surface area (Å²) in [7, 11) is 0. The standard InChI is InChI=1S/C15H21NO2/c1-3-18-15(17)8-11(2)16-10-13-9-12-6-4-5-7-14(12)13/h4-7,11,13,16H,3,8-10H2,1-2H3. The topological polar surface area (TPSA) is 38.3 Å². The molecule has 0 bridgehead atoms. The zero-order chi connectivity index (χ0) is 13.0. The predicted molar refractivity (Wildman–Crippen MR) is 71.6 cm³/mol. The van der Waals surface area contributed by atoms with Crippen molar-refractivity contribution in [2.75, 3.05) is 13.2 Å². The van der Waals surface area contributed by atoms with Gasteiger partial charge in [-0.25, -0.2) is 0 Å². The Kier molecular flexibility index (Phi) is 4.37. The molecule has 2 atom stereocenters. The molecule has 98 valence electrons. The summed E-state index contributed by atoms with van der Waals surface area (Å²) in [5.41, 5.74) is 2.91. The van der Waals surface area contributed by atoms with E-state index in [1.807, 2.05) is 13.8 Å². The first-order valence-corrected chi connectivity index (χ1v) is 6.67. The van der Waals surface area contributed by atoms with Crippen LogP contribution in [0.1, 0.15) is 37.3 Å². The molecule has 2 unspecified atom stereocenters. The van der Waals surface area contributed by atoms with Gasteiger partial charge in [0.15, 0.2) is 0 Å². The number of rotatable bonds is 6. The molecule has 3 heteroatoms. The first-order valence-electron chi connectivity index (χ1n) is 6.67. The number of carbonyl (C=O) groups is 1. The third kappa shape index (κ3) is 3.10. The van der Waals surface area contributed by atoms with Crippen LogP contribution in [0.3, 0.4) is 0 Å². The molecule has 0 fully saturated rings. The molecular weight excluding hydrogens is 226 g/mol. The molecule has 0 saturated heterocycles. The van der Waals surface area contributed by atoms with E-state index in [9.17, 15) is 4.79 Å². The highest BCUT2D eigenvalue weighted by atomic mass is 16.5. The third-order valence-electron chi connectivity index (χ3n) is 3.45. The number of benzene rings is 1. The number of carbonyl (C=O) groups excluding carboxylic acids is 1. The van der Waals surface area contributed by atoms with E-state index in [0.29, 0.717) is 18.9 Å². The first kappa shape index (κ1) is 13.1. The Balaban J connectivity index is 1.72. The second-order valence-electron chi connectivity index (χ2n) is 4.92. The normalized spacial score (nSPS) is 18.7. The van der Waals surface area contributed by atoms with Crippen LogP contribution in [0.5, 0.6) is 0 Å². The highest BCUT2D eigenvalue weighted by molar-refractivity contribution is 5.70. The molecule has 1 N–H and O–H groups in total. The molecule has 1 aromatic rings. The molecule has 2 rings (SSSR count). The lowest BCUT2D eigenvalue weighted by atomic mass is 9.77. The van der Waals surface area contributed by atoms with Crippen molar-refractivity contribution < 1.29 is 9.53 Å². The van der Waals surface area contributed by atoms with Crippen LogP contribution in [0, 0.1) is 0 Å². The van der Waals surface area contributed by atoms with Gasteiger partial charge in [0.05, 0.1) is 13.0 Å². The van der Waals surface area contributed by atoms with Crippen molar-refractivity contribution in [3.63, 3.8) is 0 Å². The molecule has 0 radical (unpaired) electrons. The van der Waals surface area contributed by atoms with Gasteiger partial charge < -0.3 is 10.1 Å². The van der Waals surface area contributed by atoms with Gasteiger partial charge in [-0.05, 0) is 31.4 Å². The average Bonchev–Trinajstić information content (AvgIpc) is 2.30. The number of hydrogen-bond donors (Lipinski definition) is 1. The van der Waals surface area contributed by atoms with E-state index in [-0.39, 0.29) is 12.0 Å². The van der Waals surface area contributed by atoms with E-state index in [2.05, 4.69) is 29.6 Å². The zero-order valence-corrected chi connectivity index (χ0v) is 11.1. The highest BCUT2D eigenvalue weighted by Crippen LogP contribution is 2.34. The number of ether oxygens (including phenoxy) is 1. The monoisotopic (exact) mass is 247 g/mol. The fraction of sp³-hybridized carbons (Fsp3) is 0.533. The van der Waals surface area contributed by atoms with Crippen molar-refractivity contribution in [2.24, 2.45) is 0 Å². The smallest absolute Gasteiger partial charge is 0.307 e. The maximum Gasteiger partial charge on any atom is 0.307 e. The van der Waals surface area contributed by atoms with Crippen LogP contribution in [0.25, 0.3) is 0 Å². The Morgan fingerprint density at radius 3 is 3.00 bits per heavy atom. The van der Waals surface area contributed by atoms with Crippen LogP contribution in [0.4, 0.5) is 0 Å². The van der Waals surface area contributed by atoms with Gasteiger partial charge in [-0.1, -0.05) is 24.3 Å². The number of esters is 1. The van der Waals surface area contributed by atoms with Gasteiger partial charge in [0, 0.05) is 18.5 Å². The first-order chi connectivity index (χ1) is 8.70. The van der Waals surface area contributed by atoms with Crippen LogP contribution >= 0.6 is 0 Å². The molecule has 0 saturated carbocycles. The molecule has 0 heterocycles. The van der Waals surface area contributed by atoms with E-state index < -0.39 is 0 Å². The Hall–Kier alpha value is -1.35. The van der Waals surface area contributed by atoms with Crippen LogP contribution in [-0.2, 0) is 16.0 Å². The van der Waals surface area contributed by atoms with Crippen LogP contribution in [0.2, 0.25) is 0 Å². The maximum atomic E-state index is 11.3. The van der Waals surface area contributed by atoms with E-state index >= 15 is 0 Å². The Morgan fingerprint density at radius 1 is 1.50 bits per heavy atom. The second-order valence-corrected chi connectivity index (χ2v) is 4.92. The van der Waals surface area contributed by atoms with Gasteiger partial charge in [0.2, 0.25) is 0 Å². The Morgan fingerprint density at radius 2 is 2.28 bits per heavy atom. The van der Waals surface area contributed by atoms with E-state index in [1.165, 1.54) is 11.1 Å². The van der Waals surface area contributed by atoms with Crippen molar-refractivity contribution in [1.82, 2.24) is 5.32 Å². The second kappa shape index (κ2) is 6.01. The number of fused-ring (bicyclic) bond motifs is 1. The molecule has 0 aliphatic heterocycles. The molecule has 3 nitrogen and oxygen atoms in total. The van der Waals surface area contributed by atoms with Gasteiger partial charge >= 0.3 is 5.97 Å². The predicted octanol–water partition coefficient (Wildman–Crippen LogP) is 2.26. The summed E-state index contributed by atoms with van der Waals surface area (Å²) in [5, 5.41) is 3.41. The molecule has 18 heavy (non-hydrogen) atoms. The minimum absolute atomic E-state index is 0.119. The summed E-state index contributed by atoms with van der Waals surface area (Å²) in [5.74, 6) is 0.484. The SMILES string of the molecule is CCOC(=O)CC(C)NCC1Cc2ccccc21. The van der Waals surface area contributed by atoms with E-state index in [0.717, 1.165) is 13.0 Å².